The van der Waals surface area contributed by atoms with Gasteiger partial charge in [0, 0.05) is 30.0 Å². The highest BCUT2D eigenvalue weighted by Crippen LogP contribution is 2.35. The van der Waals surface area contributed by atoms with E-state index in [-0.39, 0.29) is 11.8 Å². The van der Waals surface area contributed by atoms with Crippen LogP contribution in [0.2, 0.25) is 0 Å². The molecule has 1 amide bonds. The van der Waals surface area contributed by atoms with Gasteiger partial charge >= 0.3 is 5.97 Å². The molecule has 0 radical (unpaired) electrons. The first-order chi connectivity index (χ1) is 20.3. The number of rotatable bonds is 9. The van der Waals surface area contributed by atoms with Crippen LogP contribution in [0.15, 0.2) is 90.5 Å². The molecule has 5 heteroatoms. The minimum Gasteiger partial charge on any atom is -0.481 e. The number of aliphatic carboxylic acids is 1. The number of carbonyl (C=O) groups excluding carboxylic acids is 1. The Labute approximate surface area is 250 Å². The SMILES string of the molecule is Cc1cccc(C(=O)Nc2ccc(N3CCC(C(C(=O)O)C4=CCCC=C4)CC3)cc2)c1-c1ccc(CC(C)C)cc1. The highest BCUT2D eigenvalue weighted by Gasteiger charge is 2.33. The molecule has 5 nitrogen and oxygen atoms in total. The van der Waals surface area contributed by atoms with E-state index in [4.69, 9.17) is 0 Å². The first kappa shape index (κ1) is 29.4. The summed E-state index contributed by atoms with van der Waals surface area (Å²) in [5, 5.41) is 13.1. The molecule has 1 heterocycles. The standard InChI is InChI=1S/C37H42N2O3/c1-25(2)24-27-12-14-29(15-13-27)34-26(3)8-7-11-33(34)36(40)38-31-16-18-32(19-17-31)39-22-20-30(21-23-39)35(37(41)42)28-9-5-4-6-10-28/h5,7-19,25,30,35H,4,6,20-24H2,1-3H3,(H,38,40)(H,41,42). The molecule has 0 spiro atoms. The Kier molecular flexibility index (Phi) is 9.26. The Hall–Kier alpha value is -4.12. The van der Waals surface area contributed by atoms with E-state index in [0.29, 0.717) is 11.5 Å². The Bertz CT molecular complexity index is 1460. The van der Waals surface area contributed by atoms with E-state index < -0.39 is 11.9 Å². The van der Waals surface area contributed by atoms with Crippen LogP contribution < -0.4 is 10.2 Å². The normalized spacial score (nSPS) is 16.3. The van der Waals surface area contributed by atoms with Crippen LogP contribution in [0.5, 0.6) is 0 Å². The van der Waals surface area contributed by atoms with Crippen molar-refractivity contribution in [3.05, 3.63) is 107 Å². The Balaban J connectivity index is 1.24. The fourth-order valence-corrected chi connectivity index (χ4v) is 6.44. The predicted octanol–water partition coefficient (Wildman–Crippen LogP) is 8.31. The highest BCUT2D eigenvalue weighted by atomic mass is 16.4. The summed E-state index contributed by atoms with van der Waals surface area (Å²) in [5.74, 6) is -0.530. The van der Waals surface area contributed by atoms with Crippen molar-refractivity contribution in [2.45, 2.75) is 52.9 Å². The number of anilines is 2. The topological polar surface area (TPSA) is 69.6 Å². The molecular weight excluding hydrogens is 520 g/mol. The van der Waals surface area contributed by atoms with Gasteiger partial charge in [0.05, 0.1) is 5.92 Å². The number of aryl methyl sites for hydroxylation is 1. The average Bonchev–Trinajstić information content (AvgIpc) is 2.98. The van der Waals surface area contributed by atoms with Crippen molar-refractivity contribution in [1.29, 1.82) is 0 Å². The van der Waals surface area contributed by atoms with Gasteiger partial charge in [-0.25, -0.2) is 0 Å². The van der Waals surface area contributed by atoms with Gasteiger partial charge < -0.3 is 15.3 Å². The molecule has 2 aliphatic rings. The van der Waals surface area contributed by atoms with Gasteiger partial charge in [0.15, 0.2) is 0 Å². The minimum absolute atomic E-state index is 0.126. The molecule has 42 heavy (non-hydrogen) atoms. The van der Waals surface area contributed by atoms with Crippen LogP contribution in [0.1, 0.15) is 61.0 Å². The van der Waals surface area contributed by atoms with Gasteiger partial charge in [0.1, 0.15) is 0 Å². The number of carboxylic acids is 1. The summed E-state index contributed by atoms with van der Waals surface area (Å²) < 4.78 is 0. The maximum absolute atomic E-state index is 13.5. The second-order valence-corrected chi connectivity index (χ2v) is 12.1. The summed E-state index contributed by atoms with van der Waals surface area (Å²) in [7, 11) is 0. The van der Waals surface area contributed by atoms with Crippen LogP contribution in [-0.4, -0.2) is 30.1 Å². The molecular formula is C37H42N2O3. The second kappa shape index (κ2) is 13.2. The lowest BCUT2D eigenvalue weighted by atomic mass is 9.78. The number of nitrogens with zero attached hydrogens (tertiary/aromatic N) is 1. The lowest BCUT2D eigenvalue weighted by Crippen LogP contribution is -2.38. The molecule has 0 bridgehead atoms. The maximum Gasteiger partial charge on any atom is 0.311 e. The molecule has 1 saturated heterocycles. The van der Waals surface area contributed by atoms with Gasteiger partial charge in [-0.2, -0.15) is 0 Å². The first-order valence-electron chi connectivity index (χ1n) is 15.2. The number of benzene rings is 3. The number of carbonyl (C=O) groups is 2. The van der Waals surface area contributed by atoms with Crippen LogP contribution in [0.25, 0.3) is 11.1 Å². The van der Waals surface area contributed by atoms with Crippen molar-refractivity contribution in [1.82, 2.24) is 0 Å². The van der Waals surface area contributed by atoms with Crippen molar-refractivity contribution in [3.63, 3.8) is 0 Å². The van der Waals surface area contributed by atoms with Crippen LogP contribution in [-0.2, 0) is 11.2 Å². The molecule has 0 aromatic heterocycles. The second-order valence-electron chi connectivity index (χ2n) is 12.1. The summed E-state index contributed by atoms with van der Waals surface area (Å²) in [6, 6.07) is 22.4. The zero-order chi connectivity index (χ0) is 29.6. The van der Waals surface area contributed by atoms with Crippen LogP contribution in [0.3, 0.4) is 0 Å². The summed E-state index contributed by atoms with van der Waals surface area (Å²) in [6.07, 6.45) is 10.8. The van der Waals surface area contributed by atoms with Gasteiger partial charge in [-0.15, -0.1) is 0 Å². The van der Waals surface area contributed by atoms with E-state index in [9.17, 15) is 14.7 Å². The van der Waals surface area contributed by atoms with Gasteiger partial charge in [-0.1, -0.05) is 68.5 Å². The Morgan fingerprint density at radius 3 is 2.29 bits per heavy atom. The Morgan fingerprint density at radius 1 is 0.952 bits per heavy atom. The van der Waals surface area contributed by atoms with Crippen molar-refractivity contribution in [3.8, 4) is 11.1 Å². The number of hydrogen-bond donors (Lipinski definition) is 2. The number of hydrogen-bond acceptors (Lipinski definition) is 3. The zero-order valence-corrected chi connectivity index (χ0v) is 25.0. The number of carboxylic acid groups (broad SMARTS) is 1. The van der Waals surface area contributed by atoms with Crippen LogP contribution in [0, 0.1) is 24.7 Å². The maximum atomic E-state index is 13.5. The van der Waals surface area contributed by atoms with Crippen molar-refractivity contribution in [2.75, 3.05) is 23.3 Å². The van der Waals surface area contributed by atoms with E-state index >= 15 is 0 Å². The molecule has 218 valence electrons. The van der Waals surface area contributed by atoms with E-state index in [2.05, 4.69) is 60.5 Å². The van der Waals surface area contributed by atoms with Gasteiger partial charge in [0.2, 0.25) is 0 Å². The van der Waals surface area contributed by atoms with E-state index in [1.54, 1.807) is 0 Å². The van der Waals surface area contributed by atoms with Gasteiger partial charge in [0.25, 0.3) is 5.91 Å². The van der Waals surface area contributed by atoms with E-state index in [1.807, 2.05) is 55.5 Å². The van der Waals surface area contributed by atoms with Crippen LogP contribution >= 0.6 is 0 Å². The third-order valence-corrected chi connectivity index (χ3v) is 8.55. The van der Waals surface area contributed by atoms with Gasteiger partial charge in [-0.05, 0) is 109 Å². The number of piperidine rings is 1. The average molecular weight is 563 g/mol. The quantitative estimate of drug-likeness (QED) is 0.275. The molecule has 1 aliphatic heterocycles. The third-order valence-electron chi connectivity index (χ3n) is 8.55. The molecule has 3 aromatic rings. The molecule has 1 aliphatic carbocycles. The van der Waals surface area contributed by atoms with Crippen LogP contribution in [0.4, 0.5) is 11.4 Å². The van der Waals surface area contributed by atoms with Crippen molar-refractivity contribution in [2.24, 2.45) is 17.8 Å². The first-order valence-corrected chi connectivity index (χ1v) is 15.2. The largest absolute Gasteiger partial charge is 0.481 e. The summed E-state index contributed by atoms with van der Waals surface area (Å²) in [6.45, 7) is 8.13. The molecule has 2 N–H and O–H groups in total. The molecule has 5 rings (SSSR count). The highest BCUT2D eigenvalue weighted by molar-refractivity contribution is 6.09. The summed E-state index contributed by atoms with van der Waals surface area (Å²) in [5.41, 5.74) is 7.85. The molecule has 1 atom stereocenters. The number of amides is 1. The fourth-order valence-electron chi connectivity index (χ4n) is 6.44. The lowest BCUT2D eigenvalue weighted by Gasteiger charge is -2.36. The van der Waals surface area contributed by atoms with E-state index in [0.717, 1.165) is 78.8 Å². The predicted molar refractivity (Wildman–Crippen MR) is 172 cm³/mol. The minimum atomic E-state index is -0.716. The smallest absolute Gasteiger partial charge is 0.311 e. The molecule has 3 aromatic carbocycles. The summed E-state index contributed by atoms with van der Waals surface area (Å²) in [4.78, 5) is 27.9. The third kappa shape index (κ3) is 6.84. The van der Waals surface area contributed by atoms with Crippen molar-refractivity contribution >= 4 is 23.3 Å². The summed E-state index contributed by atoms with van der Waals surface area (Å²) >= 11 is 0. The number of allylic oxidation sites excluding steroid dienone is 3. The van der Waals surface area contributed by atoms with Gasteiger partial charge in [-0.3, -0.25) is 9.59 Å². The fraction of sp³-hybridized carbons (Fsp3) is 0.351. The zero-order valence-electron chi connectivity index (χ0n) is 25.0. The molecule has 0 saturated carbocycles. The molecule has 1 fully saturated rings. The van der Waals surface area contributed by atoms with Crippen molar-refractivity contribution < 1.29 is 14.7 Å². The Morgan fingerprint density at radius 2 is 1.67 bits per heavy atom. The molecule has 1 unspecified atom stereocenters. The number of nitrogens with one attached hydrogen (secondary N) is 1. The lowest BCUT2D eigenvalue weighted by molar-refractivity contribution is -0.142. The monoisotopic (exact) mass is 562 g/mol. The van der Waals surface area contributed by atoms with E-state index in [1.165, 1.54) is 5.56 Å².